The molecule has 0 radical (unpaired) electrons. The van der Waals surface area contributed by atoms with Crippen LogP contribution in [0.25, 0.3) is 0 Å². The molecule has 0 saturated carbocycles. The molecule has 8 nitrogen and oxygen atoms in total. The van der Waals surface area contributed by atoms with Gasteiger partial charge in [0.15, 0.2) is 0 Å². The zero-order chi connectivity index (χ0) is 15.2. The fourth-order valence-electron chi connectivity index (χ4n) is 1.23. The molecule has 0 aliphatic carbocycles. The Balaban J connectivity index is 0.00000400. The second kappa shape index (κ2) is 9.00. The molecule has 1 rings (SSSR count). The Labute approximate surface area is 144 Å². The second-order valence-electron chi connectivity index (χ2n) is 3.78. The Morgan fingerprint density at radius 3 is 2.29 bits per heavy atom. The van der Waals surface area contributed by atoms with Gasteiger partial charge in [-0.3, -0.25) is 4.79 Å². The minimum atomic E-state index is -4.37. The van der Waals surface area contributed by atoms with Crippen molar-refractivity contribution in [2.24, 2.45) is 0 Å². The van der Waals surface area contributed by atoms with Crippen molar-refractivity contribution in [1.82, 2.24) is 5.32 Å². The van der Waals surface area contributed by atoms with Crippen LogP contribution in [0, 0.1) is 0 Å². The number of ether oxygens (including phenoxy) is 1. The van der Waals surface area contributed by atoms with Crippen molar-refractivity contribution in [2.45, 2.75) is 6.92 Å². The van der Waals surface area contributed by atoms with Crippen molar-refractivity contribution in [3.05, 3.63) is 24.3 Å². The van der Waals surface area contributed by atoms with E-state index in [0.29, 0.717) is 5.69 Å². The molecule has 10 heteroatoms. The van der Waals surface area contributed by atoms with Crippen LogP contribution < -0.4 is 44.9 Å². The maximum atomic E-state index is 11.3. The van der Waals surface area contributed by atoms with E-state index in [1.807, 2.05) is 0 Å². The second-order valence-corrected chi connectivity index (χ2v) is 5.31. The first-order valence-electron chi connectivity index (χ1n) is 5.53. The van der Waals surface area contributed by atoms with Gasteiger partial charge >= 0.3 is 35.7 Å². The number of hydrogen-bond donors (Lipinski definition) is 2. The van der Waals surface area contributed by atoms with Crippen molar-refractivity contribution >= 4 is 27.8 Å². The van der Waals surface area contributed by atoms with E-state index < -0.39 is 22.0 Å². The molecular weight excluding hydrogens is 311 g/mol. The number of nitrogens with one attached hydrogen (secondary N) is 2. The van der Waals surface area contributed by atoms with Crippen LogP contribution in [0.5, 0.6) is 5.75 Å². The molecule has 0 heterocycles. The van der Waals surface area contributed by atoms with E-state index in [1.165, 1.54) is 31.2 Å². The van der Waals surface area contributed by atoms with E-state index in [1.54, 1.807) is 0 Å². The quantitative estimate of drug-likeness (QED) is 0.448. The van der Waals surface area contributed by atoms with Gasteiger partial charge in [-0.1, -0.05) is 0 Å². The van der Waals surface area contributed by atoms with Crippen LogP contribution in [-0.2, 0) is 14.9 Å². The van der Waals surface area contributed by atoms with E-state index in [0.717, 1.165) is 0 Å². The molecule has 2 amide bonds. The summed E-state index contributed by atoms with van der Waals surface area (Å²) in [6, 6.07) is 5.97. The van der Waals surface area contributed by atoms with Gasteiger partial charge < -0.3 is 19.9 Å². The summed E-state index contributed by atoms with van der Waals surface area (Å²) in [5.74, 6) is -0.722. The summed E-state index contributed by atoms with van der Waals surface area (Å²) in [4.78, 5) is 22.1. The van der Waals surface area contributed by atoms with E-state index in [4.69, 9.17) is 4.74 Å². The normalized spacial score (nSPS) is 10.2. The Bertz CT molecular complexity index is 587. The number of anilines is 1. The summed E-state index contributed by atoms with van der Waals surface area (Å²) >= 11 is 0. The SMILES string of the molecule is CC(=O)Nc1ccc(OC(=O)NCCS(=O)(=O)[O-])cc1.[Na+]. The van der Waals surface area contributed by atoms with Gasteiger partial charge in [0.2, 0.25) is 5.91 Å². The van der Waals surface area contributed by atoms with E-state index in [9.17, 15) is 22.6 Å². The zero-order valence-corrected chi connectivity index (χ0v) is 14.4. The van der Waals surface area contributed by atoms with Gasteiger partial charge in [0.1, 0.15) is 5.75 Å². The predicted octanol–water partition coefficient (Wildman–Crippen LogP) is -2.72. The van der Waals surface area contributed by atoms with Crippen LogP contribution in [0.3, 0.4) is 0 Å². The molecule has 0 unspecified atom stereocenters. The van der Waals surface area contributed by atoms with Gasteiger partial charge in [0.05, 0.1) is 15.9 Å². The minimum Gasteiger partial charge on any atom is -0.748 e. The van der Waals surface area contributed by atoms with Crippen molar-refractivity contribution in [3.63, 3.8) is 0 Å². The molecule has 0 aliphatic heterocycles. The largest absolute Gasteiger partial charge is 1.00 e. The first-order valence-corrected chi connectivity index (χ1v) is 7.11. The average Bonchev–Trinajstić information content (AvgIpc) is 2.29. The van der Waals surface area contributed by atoms with E-state index in [-0.39, 0.29) is 47.8 Å². The number of carbonyl (C=O) groups is 2. The van der Waals surface area contributed by atoms with Crippen molar-refractivity contribution in [3.8, 4) is 5.75 Å². The Hall–Kier alpha value is -1.13. The molecule has 0 aromatic heterocycles. The third-order valence-corrected chi connectivity index (χ3v) is 2.71. The number of benzene rings is 1. The standard InChI is InChI=1S/C11H14N2O6S.Na/c1-8(14)13-9-2-4-10(5-3-9)19-11(15)12-6-7-20(16,17)18;/h2-5H,6-7H2,1H3,(H,12,15)(H,13,14)(H,16,17,18);/q;+1/p-1. The van der Waals surface area contributed by atoms with Crippen LogP contribution in [-0.4, -0.2) is 37.3 Å². The molecule has 110 valence electrons. The first-order chi connectivity index (χ1) is 9.26. The van der Waals surface area contributed by atoms with Crippen molar-refractivity contribution < 1.29 is 56.9 Å². The third kappa shape index (κ3) is 9.43. The van der Waals surface area contributed by atoms with Crippen LogP contribution in [0.1, 0.15) is 6.92 Å². The summed E-state index contributed by atoms with van der Waals surface area (Å²) in [5, 5.41) is 4.66. The fourth-order valence-corrected chi connectivity index (χ4v) is 1.58. The predicted molar refractivity (Wildman–Crippen MR) is 69.3 cm³/mol. The molecule has 0 aliphatic rings. The van der Waals surface area contributed by atoms with Gasteiger partial charge in [-0.2, -0.15) is 0 Å². The molecule has 2 N–H and O–H groups in total. The topological polar surface area (TPSA) is 125 Å². The Kier molecular flexibility index (Phi) is 8.52. The maximum Gasteiger partial charge on any atom is 1.00 e. The average molecular weight is 324 g/mol. The summed E-state index contributed by atoms with van der Waals surface area (Å²) in [6.07, 6.45) is -0.874. The monoisotopic (exact) mass is 324 g/mol. The van der Waals surface area contributed by atoms with Gasteiger partial charge in [0.25, 0.3) is 0 Å². The van der Waals surface area contributed by atoms with Crippen LogP contribution >= 0.6 is 0 Å². The zero-order valence-electron chi connectivity index (χ0n) is 11.6. The maximum absolute atomic E-state index is 11.3. The molecule has 0 spiro atoms. The summed E-state index contributed by atoms with van der Waals surface area (Å²) in [7, 11) is -4.37. The molecule has 21 heavy (non-hydrogen) atoms. The molecule has 0 fully saturated rings. The van der Waals surface area contributed by atoms with E-state index in [2.05, 4.69) is 10.6 Å². The van der Waals surface area contributed by atoms with Crippen LogP contribution in [0.2, 0.25) is 0 Å². The van der Waals surface area contributed by atoms with Gasteiger partial charge in [-0.05, 0) is 24.3 Å². The van der Waals surface area contributed by atoms with Crippen molar-refractivity contribution in [1.29, 1.82) is 0 Å². The summed E-state index contributed by atoms with van der Waals surface area (Å²) in [6.45, 7) is 1.04. The number of rotatable bonds is 5. The smallest absolute Gasteiger partial charge is 0.748 e. The molecule has 0 bridgehead atoms. The number of carbonyl (C=O) groups excluding carboxylic acids is 2. The molecule has 1 aromatic rings. The molecule has 0 atom stereocenters. The Morgan fingerprint density at radius 2 is 1.81 bits per heavy atom. The van der Waals surface area contributed by atoms with E-state index >= 15 is 0 Å². The minimum absolute atomic E-state index is 0. The van der Waals surface area contributed by atoms with Gasteiger partial charge in [-0.25, -0.2) is 13.2 Å². The van der Waals surface area contributed by atoms with Crippen LogP contribution in [0.4, 0.5) is 10.5 Å². The van der Waals surface area contributed by atoms with Gasteiger partial charge in [-0.15, -0.1) is 0 Å². The summed E-state index contributed by atoms with van der Waals surface area (Å²) < 4.78 is 35.8. The molecule has 1 aromatic carbocycles. The first kappa shape index (κ1) is 19.9. The number of hydrogen-bond acceptors (Lipinski definition) is 6. The van der Waals surface area contributed by atoms with Crippen LogP contribution in [0.15, 0.2) is 24.3 Å². The third-order valence-electron chi connectivity index (χ3n) is 2.01. The summed E-state index contributed by atoms with van der Waals surface area (Å²) in [5.41, 5.74) is 0.544. The Morgan fingerprint density at radius 1 is 1.24 bits per heavy atom. The molecular formula is C11H13N2NaO6S. The van der Waals surface area contributed by atoms with Gasteiger partial charge in [0, 0.05) is 19.2 Å². The fraction of sp³-hybridized carbons (Fsp3) is 0.273. The van der Waals surface area contributed by atoms with Crippen molar-refractivity contribution in [2.75, 3.05) is 17.6 Å². The number of amides is 2. The molecule has 0 saturated heterocycles.